The first-order valence-corrected chi connectivity index (χ1v) is 8.61. The molecule has 1 N–H and O–H groups in total. The van der Waals surface area contributed by atoms with Crippen LogP contribution in [-0.4, -0.2) is 35.6 Å². The van der Waals surface area contributed by atoms with Crippen LogP contribution < -0.4 is 10.1 Å². The van der Waals surface area contributed by atoms with Crippen LogP contribution in [-0.2, 0) is 0 Å². The van der Waals surface area contributed by atoms with E-state index in [1.807, 2.05) is 24.8 Å². The summed E-state index contributed by atoms with van der Waals surface area (Å²) in [6, 6.07) is 5.40. The van der Waals surface area contributed by atoms with E-state index in [-0.39, 0.29) is 5.91 Å². The third kappa shape index (κ3) is 5.57. The molecule has 0 aliphatic rings. The lowest BCUT2D eigenvalue weighted by Crippen LogP contribution is -2.42. The lowest BCUT2D eigenvalue weighted by atomic mass is 10.2. The molecule has 0 aliphatic heterocycles. The fraction of sp³-hybridized carbons (Fsp3) is 0.500. The molecule has 0 aliphatic carbocycles. The Morgan fingerprint density at radius 2 is 2.00 bits per heavy atom. The fourth-order valence-electron chi connectivity index (χ4n) is 1.82. The van der Waals surface area contributed by atoms with Gasteiger partial charge in [0.05, 0.1) is 12.2 Å². The second-order valence-corrected chi connectivity index (χ2v) is 6.58. The van der Waals surface area contributed by atoms with Crippen molar-refractivity contribution in [3.63, 3.8) is 0 Å². The number of benzene rings is 1. The maximum atomic E-state index is 12.5. The van der Waals surface area contributed by atoms with Gasteiger partial charge in [-0.05, 0) is 50.2 Å². The molecule has 0 aromatic heterocycles. The van der Waals surface area contributed by atoms with Gasteiger partial charge in [0.1, 0.15) is 5.75 Å². The van der Waals surface area contributed by atoms with Crippen molar-refractivity contribution in [3.05, 3.63) is 28.2 Å². The summed E-state index contributed by atoms with van der Waals surface area (Å²) in [7, 11) is 0. The largest absolute Gasteiger partial charge is 0.492 e. The molecule has 1 aromatic carbocycles. The summed E-state index contributed by atoms with van der Waals surface area (Å²) in [5.41, 5.74) is 0.476. The Labute approximate surface area is 146 Å². The normalized spacial score (nSPS) is 10.5. The van der Waals surface area contributed by atoms with Crippen LogP contribution in [0.4, 0.5) is 0 Å². The summed E-state index contributed by atoms with van der Waals surface area (Å²) in [4.78, 5) is 14.4. The van der Waals surface area contributed by atoms with Crippen LogP contribution in [0.15, 0.2) is 22.7 Å². The van der Waals surface area contributed by atoms with Crippen LogP contribution in [0.5, 0.6) is 5.75 Å². The van der Waals surface area contributed by atoms with Crippen LogP contribution in [0, 0.1) is 5.92 Å². The molecule has 1 rings (SSSR count). The third-order valence-corrected chi connectivity index (χ3v) is 3.88. The van der Waals surface area contributed by atoms with Crippen LogP contribution in [0.3, 0.4) is 0 Å². The molecular formula is C16H23BrN2O2S. The van der Waals surface area contributed by atoms with E-state index >= 15 is 0 Å². The zero-order chi connectivity index (χ0) is 16.7. The van der Waals surface area contributed by atoms with E-state index in [4.69, 9.17) is 17.0 Å². The minimum Gasteiger partial charge on any atom is -0.492 e. The summed E-state index contributed by atoms with van der Waals surface area (Å²) in [6.07, 6.45) is 0. The van der Waals surface area contributed by atoms with Crippen molar-refractivity contribution in [1.82, 2.24) is 10.2 Å². The van der Waals surface area contributed by atoms with Crippen molar-refractivity contribution in [2.45, 2.75) is 27.7 Å². The number of halogens is 1. The molecule has 6 heteroatoms. The number of nitrogens with one attached hydrogen (secondary N) is 1. The molecule has 0 atom stereocenters. The SMILES string of the molecule is CCN(CC)C(=S)NC(=O)c1cc(Br)ccc1OCC(C)C. The van der Waals surface area contributed by atoms with E-state index in [2.05, 4.69) is 35.1 Å². The molecule has 1 aromatic rings. The molecule has 22 heavy (non-hydrogen) atoms. The van der Waals surface area contributed by atoms with E-state index in [1.165, 1.54) is 0 Å². The van der Waals surface area contributed by atoms with E-state index in [9.17, 15) is 4.79 Å². The Kier molecular flexibility index (Phi) is 7.82. The van der Waals surface area contributed by atoms with Crippen molar-refractivity contribution in [1.29, 1.82) is 0 Å². The van der Waals surface area contributed by atoms with Gasteiger partial charge in [-0.1, -0.05) is 29.8 Å². The predicted molar refractivity (Wildman–Crippen MR) is 97.5 cm³/mol. The number of thiocarbonyl (C=S) groups is 1. The van der Waals surface area contributed by atoms with Gasteiger partial charge in [-0.3, -0.25) is 10.1 Å². The zero-order valence-corrected chi connectivity index (χ0v) is 15.9. The highest BCUT2D eigenvalue weighted by atomic mass is 79.9. The number of carbonyl (C=O) groups is 1. The number of nitrogens with zero attached hydrogens (tertiary/aromatic N) is 1. The van der Waals surface area contributed by atoms with E-state index in [0.717, 1.165) is 17.6 Å². The molecule has 0 fully saturated rings. The van der Waals surface area contributed by atoms with Crippen LogP contribution in [0.25, 0.3) is 0 Å². The minimum absolute atomic E-state index is 0.253. The average molecular weight is 387 g/mol. The third-order valence-electron chi connectivity index (χ3n) is 3.03. The van der Waals surface area contributed by atoms with Crippen molar-refractivity contribution in [2.75, 3.05) is 19.7 Å². The summed E-state index contributed by atoms with van der Waals surface area (Å²) in [5, 5.41) is 3.21. The zero-order valence-electron chi connectivity index (χ0n) is 13.5. The smallest absolute Gasteiger partial charge is 0.261 e. The van der Waals surface area contributed by atoms with Crippen molar-refractivity contribution < 1.29 is 9.53 Å². The van der Waals surface area contributed by atoms with Gasteiger partial charge in [-0.25, -0.2) is 0 Å². The monoisotopic (exact) mass is 386 g/mol. The standard InChI is InChI=1S/C16H23BrN2O2S/c1-5-19(6-2)16(22)18-15(20)13-9-12(17)7-8-14(13)21-10-11(3)4/h7-9,11H,5-6,10H2,1-4H3,(H,18,20,22). The number of hydrogen-bond acceptors (Lipinski definition) is 3. The van der Waals surface area contributed by atoms with Gasteiger partial charge in [0, 0.05) is 17.6 Å². The second kappa shape index (κ2) is 9.10. The second-order valence-electron chi connectivity index (χ2n) is 5.28. The van der Waals surface area contributed by atoms with Gasteiger partial charge in [-0.15, -0.1) is 0 Å². The van der Waals surface area contributed by atoms with Crippen LogP contribution >= 0.6 is 28.1 Å². The Bertz CT molecular complexity index is 531. The molecule has 0 saturated heterocycles. The first-order valence-electron chi connectivity index (χ1n) is 7.41. The summed E-state index contributed by atoms with van der Waals surface area (Å²) in [6.45, 7) is 10.2. The summed E-state index contributed by atoms with van der Waals surface area (Å²) in [5.74, 6) is 0.699. The molecule has 0 heterocycles. The van der Waals surface area contributed by atoms with E-state index in [0.29, 0.717) is 29.0 Å². The molecule has 0 unspecified atom stereocenters. The van der Waals surface area contributed by atoms with Crippen molar-refractivity contribution in [2.24, 2.45) is 5.92 Å². The highest BCUT2D eigenvalue weighted by Crippen LogP contribution is 2.24. The number of amides is 1. The Hall–Kier alpha value is -1.14. The first kappa shape index (κ1) is 18.9. The molecule has 4 nitrogen and oxygen atoms in total. The molecule has 0 radical (unpaired) electrons. The molecule has 1 amide bonds. The van der Waals surface area contributed by atoms with Gasteiger partial charge < -0.3 is 9.64 Å². The molecule has 122 valence electrons. The topological polar surface area (TPSA) is 41.6 Å². The Morgan fingerprint density at radius 1 is 1.36 bits per heavy atom. The number of hydrogen-bond donors (Lipinski definition) is 1. The summed E-state index contributed by atoms with van der Waals surface area (Å²) >= 11 is 8.66. The maximum absolute atomic E-state index is 12.5. The number of rotatable bonds is 6. The van der Waals surface area contributed by atoms with Gasteiger partial charge in [-0.2, -0.15) is 0 Å². The van der Waals surface area contributed by atoms with Gasteiger partial charge in [0.25, 0.3) is 5.91 Å². The molecule has 0 spiro atoms. The Balaban J connectivity index is 2.91. The van der Waals surface area contributed by atoms with Crippen LogP contribution in [0.2, 0.25) is 0 Å². The van der Waals surface area contributed by atoms with E-state index in [1.54, 1.807) is 12.1 Å². The molecule has 0 saturated carbocycles. The highest BCUT2D eigenvalue weighted by molar-refractivity contribution is 9.10. The summed E-state index contributed by atoms with van der Waals surface area (Å²) < 4.78 is 6.55. The number of ether oxygens (including phenoxy) is 1. The average Bonchev–Trinajstić information content (AvgIpc) is 2.46. The lowest BCUT2D eigenvalue weighted by molar-refractivity contribution is 0.0968. The van der Waals surface area contributed by atoms with Gasteiger partial charge in [0.2, 0.25) is 0 Å². The fourth-order valence-corrected chi connectivity index (χ4v) is 2.53. The minimum atomic E-state index is -0.253. The predicted octanol–water partition coefficient (Wildman–Crippen LogP) is 3.84. The lowest BCUT2D eigenvalue weighted by Gasteiger charge is -2.22. The quantitative estimate of drug-likeness (QED) is 0.754. The first-order chi connectivity index (χ1) is 10.4. The molecular weight excluding hydrogens is 364 g/mol. The Morgan fingerprint density at radius 3 is 2.55 bits per heavy atom. The van der Waals surface area contributed by atoms with Gasteiger partial charge in [0.15, 0.2) is 5.11 Å². The maximum Gasteiger partial charge on any atom is 0.261 e. The van der Waals surface area contributed by atoms with Crippen molar-refractivity contribution in [3.8, 4) is 5.75 Å². The van der Waals surface area contributed by atoms with Crippen molar-refractivity contribution >= 4 is 39.2 Å². The van der Waals surface area contributed by atoms with E-state index < -0.39 is 0 Å². The highest BCUT2D eigenvalue weighted by Gasteiger charge is 2.16. The van der Waals surface area contributed by atoms with Crippen LogP contribution in [0.1, 0.15) is 38.1 Å². The van der Waals surface area contributed by atoms with Gasteiger partial charge >= 0.3 is 0 Å². The number of carbonyl (C=O) groups excluding carboxylic acids is 1. The molecule has 0 bridgehead atoms.